The SMILES string of the molecule is CCOC(=O)c1c2c(C(=O)c3ccc(Br)cc3)sc(SCc3c(C)ccc4ccccc34)c2n2ccccc12. The van der Waals surface area contributed by atoms with Gasteiger partial charge in [-0.15, -0.1) is 23.1 Å². The Labute approximate surface area is 242 Å². The number of hydrogen-bond donors (Lipinski definition) is 0. The molecule has 0 aliphatic rings. The van der Waals surface area contributed by atoms with E-state index in [-0.39, 0.29) is 12.4 Å². The van der Waals surface area contributed by atoms with E-state index in [0.717, 1.165) is 25.5 Å². The lowest BCUT2D eigenvalue weighted by atomic mass is 10.0. The average molecular weight is 615 g/mol. The Morgan fingerprint density at radius 2 is 1.74 bits per heavy atom. The van der Waals surface area contributed by atoms with Gasteiger partial charge in [-0.25, -0.2) is 4.79 Å². The fraction of sp³-hybridized carbons (Fsp3) is 0.125. The summed E-state index contributed by atoms with van der Waals surface area (Å²) in [6.45, 7) is 4.19. The van der Waals surface area contributed by atoms with Gasteiger partial charge in [0, 0.05) is 27.4 Å². The fourth-order valence-electron chi connectivity index (χ4n) is 5.00. The highest BCUT2D eigenvalue weighted by atomic mass is 79.9. The molecule has 0 saturated carbocycles. The molecule has 39 heavy (non-hydrogen) atoms. The Kier molecular flexibility index (Phi) is 7.06. The number of aromatic nitrogens is 1. The summed E-state index contributed by atoms with van der Waals surface area (Å²) in [6, 6.07) is 25.8. The van der Waals surface area contributed by atoms with Crippen LogP contribution < -0.4 is 0 Å². The molecule has 0 radical (unpaired) electrons. The van der Waals surface area contributed by atoms with Crippen molar-refractivity contribution >= 4 is 78.0 Å². The smallest absolute Gasteiger partial charge is 0.341 e. The number of ether oxygens (including phenoxy) is 1. The van der Waals surface area contributed by atoms with Crippen molar-refractivity contribution in [3.8, 4) is 0 Å². The minimum absolute atomic E-state index is 0.104. The summed E-state index contributed by atoms with van der Waals surface area (Å²) in [6.07, 6.45) is 1.95. The summed E-state index contributed by atoms with van der Waals surface area (Å²) in [7, 11) is 0. The molecule has 4 nitrogen and oxygen atoms in total. The topological polar surface area (TPSA) is 47.8 Å². The largest absolute Gasteiger partial charge is 0.462 e. The van der Waals surface area contributed by atoms with Crippen molar-refractivity contribution in [3.05, 3.63) is 117 Å². The summed E-state index contributed by atoms with van der Waals surface area (Å²) in [4.78, 5) is 27.8. The van der Waals surface area contributed by atoms with Crippen molar-refractivity contribution in [1.29, 1.82) is 0 Å². The predicted octanol–water partition coefficient (Wildman–Crippen LogP) is 9.08. The van der Waals surface area contributed by atoms with E-state index in [9.17, 15) is 9.59 Å². The Hall–Kier alpha value is -3.39. The zero-order valence-corrected chi connectivity index (χ0v) is 24.6. The molecule has 0 amide bonds. The predicted molar refractivity (Wildman–Crippen MR) is 165 cm³/mol. The van der Waals surface area contributed by atoms with Gasteiger partial charge in [-0.05, 0) is 72.1 Å². The summed E-state index contributed by atoms with van der Waals surface area (Å²) < 4.78 is 9.41. The van der Waals surface area contributed by atoms with Crippen LogP contribution in [0.2, 0.25) is 0 Å². The quantitative estimate of drug-likeness (QED) is 0.102. The van der Waals surface area contributed by atoms with E-state index in [1.54, 1.807) is 18.7 Å². The number of hydrogen-bond acceptors (Lipinski definition) is 5. The van der Waals surface area contributed by atoms with Crippen LogP contribution in [0.15, 0.2) is 93.7 Å². The second-order valence-electron chi connectivity index (χ2n) is 9.20. The first-order valence-electron chi connectivity index (χ1n) is 12.6. The molecule has 0 saturated heterocycles. The summed E-state index contributed by atoms with van der Waals surface area (Å²) in [5.74, 6) is 0.219. The van der Waals surface area contributed by atoms with Gasteiger partial charge in [0.1, 0.15) is 0 Å². The second-order valence-corrected chi connectivity index (χ2v) is 12.4. The maximum atomic E-state index is 13.9. The van der Waals surface area contributed by atoms with Crippen LogP contribution in [0.3, 0.4) is 0 Å². The zero-order chi connectivity index (χ0) is 27.1. The molecule has 7 heteroatoms. The Morgan fingerprint density at radius 1 is 0.974 bits per heavy atom. The van der Waals surface area contributed by atoms with Crippen LogP contribution in [-0.4, -0.2) is 22.8 Å². The fourth-order valence-corrected chi connectivity index (χ4v) is 7.91. The lowest BCUT2D eigenvalue weighted by Gasteiger charge is -2.10. The van der Waals surface area contributed by atoms with Crippen molar-refractivity contribution < 1.29 is 14.3 Å². The number of thiophene rings is 1. The highest BCUT2D eigenvalue weighted by Gasteiger charge is 2.29. The number of carbonyl (C=O) groups is 2. The van der Waals surface area contributed by atoms with Crippen LogP contribution in [0.4, 0.5) is 0 Å². The van der Waals surface area contributed by atoms with Crippen LogP contribution in [0.5, 0.6) is 0 Å². The van der Waals surface area contributed by atoms with Crippen molar-refractivity contribution in [2.24, 2.45) is 0 Å². The number of carbonyl (C=O) groups excluding carboxylic acids is 2. The maximum Gasteiger partial charge on any atom is 0.341 e. The van der Waals surface area contributed by atoms with Gasteiger partial charge in [0.15, 0.2) is 0 Å². The number of thioether (sulfide) groups is 1. The first-order chi connectivity index (χ1) is 19.0. The number of benzene rings is 3. The number of fused-ring (bicyclic) bond motifs is 4. The number of esters is 1. The summed E-state index contributed by atoms with van der Waals surface area (Å²) in [5.41, 5.74) is 5.13. The van der Waals surface area contributed by atoms with Crippen molar-refractivity contribution in [2.45, 2.75) is 23.8 Å². The molecule has 6 aromatic rings. The maximum absolute atomic E-state index is 13.9. The van der Waals surface area contributed by atoms with E-state index >= 15 is 0 Å². The zero-order valence-electron chi connectivity index (χ0n) is 21.4. The first kappa shape index (κ1) is 25.9. The summed E-state index contributed by atoms with van der Waals surface area (Å²) in [5, 5.41) is 3.10. The standard InChI is InChI=1S/C32H24BrNO3S2/c1-3-37-31(36)26-25-10-6-7-17-34(25)28-27(26)30(29(35)21-13-15-22(33)16-14-21)39-32(28)38-18-24-19(2)11-12-20-8-4-5-9-23(20)24/h4-17H,3,18H2,1-2H3. The molecule has 194 valence electrons. The highest BCUT2D eigenvalue weighted by molar-refractivity contribution is 9.10. The molecule has 0 aliphatic carbocycles. The van der Waals surface area contributed by atoms with Gasteiger partial charge in [0.2, 0.25) is 5.78 Å². The van der Waals surface area contributed by atoms with Crippen molar-refractivity contribution in [3.63, 3.8) is 0 Å². The van der Waals surface area contributed by atoms with Gasteiger partial charge >= 0.3 is 5.97 Å². The first-order valence-corrected chi connectivity index (χ1v) is 15.2. The number of halogens is 1. The minimum atomic E-state index is -0.416. The van der Waals surface area contributed by atoms with Gasteiger partial charge in [0.05, 0.1) is 32.3 Å². The van der Waals surface area contributed by atoms with Gasteiger partial charge in [-0.1, -0.05) is 58.4 Å². The highest BCUT2D eigenvalue weighted by Crippen LogP contribution is 2.45. The number of ketones is 1. The molecule has 0 bridgehead atoms. The Morgan fingerprint density at radius 3 is 2.54 bits per heavy atom. The molecule has 0 aliphatic heterocycles. The van der Waals surface area contributed by atoms with Crippen LogP contribution in [-0.2, 0) is 10.5 Å². The Balaban J connectivity index is 1.56. The number of rotatable bonds is 7. The van der Waals surface area contributed by atoms with Crippen LogP contribution in [0.1, 0.15) is 43.6 Å². The molecular formula is C32H24BrNO3S2. The van der Waals surface area contributed by atoms with E-state index in [2.05, 4.69) is 59.3 Å². The third-order valence-electron chi connectivity index (χ3n) is 6.87. The van der Waals surface area contributed by atoms with Crippen LogP contribution in [0, 0.1) is 6.92 Å². The number of nitrogens with zero attached hydrogens (tertiary/aromatic N) is 1. The van der Waals surface area contributed by atoms with Crippen molar-refractivity contribution in [2.75, 3.05) is 6.61 Å². The van der Waals surface area contributed by atoms with E-state index in [4.69, 9.17) is 4.74 Å². The normalized spacial score (nSPS) is 11.5. The molecule has 0 fully saturated rings. The lowest BCUT2D eigenvalue weighted by Crippen LogP contribution is -2.06. The van der Waals surface area contributed by atoms with Gasteiger partial charge in [-0.3, -0.25) is 4.79 Å². The van der Waals surface area contributed by atoms with Gasteiger partial charge in [-0.2, -0.15) is 0 Å². The average Bonchev–Trinajstić information content (AvgIpc) is 3.48. The lowest BCUT2D eigenvalue weighted by molar-refractivity contribution is 0.0531. The van der Waals surface area contributed by atoms with Gasteiger partial charge in [0.25, 0.3) is 0 Å². The van der Waals surface area contributed by atoms with E-state index < -0.39 is 5.97 Å². The van der Waals surface area contributed by atoms with Crippen molar-refractivity contribution in [1.82, 2.24) is 4.40 Å². The third kappa shape index (κ3) is 4.58. The number of pyridine rings is 1. The molecule has 3 aromatic heterocycles. The molecule has 0 N–H and O–H groups in total. The minimum Gasteiger partial charge on any atom is -0.462 e. The third-order valence-corrected chi connectivity index (χ3v) is 9.87. The molecule has 0 atom stereocenters. The van der Waals surface area contributed by atoms with E-state index in [1.807, 2.05) is 53.1 Å². The molecule has 6 rings (SSSR count). The molecule has 0 spiro atoms. The van der Waals surface area contributed by atoms with E-state index in [0.29, 0.717) is 21.4 Å². The Bertz CT molecular complexity index is 1890. The monoisotopic (exact) mass is 613 g/mol. The van der Waals surface area contributed by atoms with Gasteiger partial charge < -0.3 is 9.14 Å². The van der Waals surface area contributed by atoms with Crippen LogP contribution >= 0.6 is 39.0 Å². The van der Waals surface area contributed by atoms with E-state index in [1.165, 1.54) is 33.2 Å². The molecule has 3 aromatic carbocycles. The number of aryl methyl sites for hydroxylation is 1. The molecular weight excluding hydrogens is 590 g/mol. The molecule has 3 heterocycles. The second kappa shape index (κ2) is 10.6. The van der Waals surface area contributed by atoms with Crippen LogP contribution in [0.25, 0.3) is 27.2 Å². The summed E-state index contributed by atoms with van der Waals surface area (Å²) >= 11 is 6.62. The molecule has 0 unspecified atom stereocenters.